The largest absolute Gasteiger partial charge is 0.398 e. The monoisotopic (exact) mass is 218 g/mol. The molecule has 0 spiro atoms. The third kappa shape index (κ3) is 1.90. The van der Waals surface area contributed by atoms with Gasteiger partial charge in [0.2, 0.25) is 5.91 Å². The molecule has 2 N–H and O–H groups in total. The van der Waals surface area contributed by atoms with Gasteiger partial charge in [-0.15, -0.1) is 0 Å². The molecule has 0 bridgehead atoms. The molecule has 0 aliphatic carbocycles. The van der Waals surface area contributed by atoms with Crippen LogP contribution in [0.15, 0.2) is 24.3 Å². The van der Waals surface area contributed by atoms with Crippen molar-refractivity contribution in [1.82, 2.24) is 4.90 Å². The van der Waals surface area contributed by atoms with Crippen molar-refractivity contribution in [2.45, 2.75) is 26.8 Å². The molecule has 2 rings (SSSR count). The third-order valence-corrected chi connectivity index (χ3v) is 3.29. The molecule has 1 amide bonds. The van der Waals surface area contributed by atoms with Gasteiger partial charge in [0, 0.05) is 24.2 Å². The Kier molecular flexibility index (Phi) is 2.62. The fourth-order valence-electron chi connectivity index (χ4n) is 2.09. The highest BCUT2D eigenvalue weighted by atomic mass is 16.2. The molecule has 0 unspecified atom stereocenters. The lowest BCUT2D eigenvalue weighted by atomic mass is 9.92. The van der Waals surface area contributed by atoms with Gasteiger partial charge in [0.25, 0.3) is 0 Å². The molecule has 3 nitrogen and oxygen atoms in total. The zero-order valence-corrected chi connectivity index (χ0v) is 9.86. The lowest BCUT2D eigenvalue weighted by Gasteiger charge is -2.20. The Morgan fingerprint density at radius 1 is 1.38 bits per heavy atom. The molecule has 1 aliphatic heterocycles. The van der Waals surface area contributed by atoms with E-state index in [0.717, 1.165) is 24.2 Å². The van der Waals surface area contributed by atoms with Crippen molar-refractivity contribution in [3.63, 3.8) is 0 Å². The maximum Gasteiger partial charge on any atom is 0.228 e. The van der Waals surface area contributed by atoms with Crippen LogP contribution in [0.1, 0.15) is 25.8 Å². The molecule has 0 saturated carbocycles. The Morgan fingerprint density at radius 3 is 2.62 bits per heavy atom. The molecule has 86 valence electrons. The van der Waals surface area contributed by atoms with E-state index in [2.05, 4.69) is 0 Å². The lowest BCUT2D eigenvalue weighted by molar-refractivity contribution is -0.135. The second-order valence-corrected chi connectivity index (χ2v) is 5.06. The molecule has 1 aromatic rings. The summed E-state index contributed by atoms with van der Waals surface area (Å²) in [4.78, 5) is 13.9. The van der Waals surface area contributed by atoms with E-state index >= 15 is 0 Å². The number of anilines is 1. The lowest BCUT2D eigenvalue weighted by Crippen LogP contribution is -2.30. The first-order chi connectivity index (χ1) is 7.50. The smallest absolute Gasteiger partial charge is 0.228 e. The molecule has 16 heavy (non-hydrogen) atoms. The quantitative estimate of drug-likeness (QED) is 0.772. The van der Waals surface area contributed by atoms with Gasteiger partial charge in [-0.25, -0.2) is 0 Å². The first-order valence-corrected chi connectivity index (χ1v) is 5.63. The summed E-state index contributed by atoms with van der Waals surface area (Å²) in [5.74, 6) is 0.232. The van der Waals surface area contributed by atoms with Gasteiger partial charge in [-0.05, 0) is 18.1 Å². The van der Waals surface area contributed by atoms with Crippen LogP contribution in [-0.2, 0) is 11.3 Å². The Bertz CT molecular complexity index is 412. The number of rotatable bonds is 2. The van der Waals surface area contributed by atoms with E-state index in [1.165, 1.54) is 0 Å². The van der Waals surface area contributed by atoms with Gasteiger partial charge in [0.05, 0.1) is 0 Å². The molecule has 0 aromatic heterocycles. The molecular formula is C13H18N2O. The zero-order chi connectivity index (χ0) is 11.8. The summed E-state index contributed by atoms with van der Waals surface area (Å²) in [7, 11) is 0. The van der Waals surface area contributed by atoms with Crippen LogP contribution in [0, 0.1) is 5.41 Å². The first-order valence-electron chi connectivity index (χ1n) is 5.63. The van der Waals surface area contributed by atoms with Crippen molar-refractivity contribution in [2.75, 3.05) is 12.3 Å². The van der Waals surface area contributed by atoms with E-state index in [4.69, 9.17) is 5.73 Å². The summed E-state index contributed by atoms with van der Waals surface area (Å²) in [5, 5.41) is 0. The van der Waals surface area contributed by atoms with Crippen molar-refractivity contribution >= 4 is 11.6 Å². The predicted octanol–water partition coefficient (Wildman–Crippen LogP) is 2.03. The molecule has 3 heteroatoms. The minimum absolute atomic E-state index is 0.205. The van der Waals surface area contributed by atoms with Gasteiger partial charge < -0.3 is 10.6 Å². The molecule has 1 aliphatic rings. The average molecular weight is 218 g/mol. The number of nitrogens with two attached hydrogens (primary N) is 1. The van der Waals surface area contributed by atoms with Gasteiger partial charge in [-0.3, -0.25) is 4.79 Å². The Labute approximate surface area is 96.2 Å². The molecule has 1 saturated heterocycles. The van der Waals surface area contributed by atoms with E-state index in [0.29, 0.717) is 6.54 Å². The van der Waals surface area contributed by atoms with Crippen LogP contribution in [0.5, 0.6) is 0 Å². The summed E-state index contributed by atoms with van der Waals surface area (Å²) >= 11 is 0. The van der Waals surface area contributed by atoms with Crippen molar-refractivity contribution in [1.29, 1.82) is 0 Å². The molecule has 0 radical (unpaired) electrons. The fraction of sp³-hybridized carbons (Fsp3) is 0.462. The Hall–Kier alpha value is -1.51. The number of nitrogen functional groups attached to an aromatic ring is 1. The molecule has 0 atom stereocenters. The number of carbonyl (C=O) groups excluding carboxylic acids is 1. The van der Waals surface area contributed by atoms with Crippen LogP contribution < -0.4 is 5.73 Å². The Balaban J connectivity index is 2.13. The highest BCUT2D eigenvalue weighted by Crippen LogP contribution is 2.31. The summed E-state index contributed by atoms with van der Waals surface area (Å²) in [5.41, 5.74) is 7.47. The highest BCUT2D eigenvalue weighted by molar-refractivity contribution is 5.84. The van der Waals surface area contributed by atoms with E-state index in [1.807, 2.05) is 43.0 Å². The number of amides is 1. The summed E-state index contributed by atoms with van der Waals surface area (Å²) < 4.78 is 0. The second kappa shape index (κ2) is 3.81. The minimum Gasteiger partial charge on any atom is -0.398 e. The van der Waals surface area contributed by atoms with Crippen molar-refractivity contribution < 1.29 is 4.79 Å². The van der Waals surface area contributed by atoms with E-state index < -0.39 is 0 Å². The summed E-state index contributed by atoms with van der Waals surface area (Å²) in [6.45, 7) is 5.47. The van der Waals surface area contributed by atoms with E-state index in [1.54, 1.807) is 0 Å². The van der Waals surface area contributed by atoms with Crippen LogP contribution in [0.4, 0.5) is 5.69 Å². The van der Waals surface area contributed by atoms with Crippen molar-refractivity contribution in [3.05, 3.63) is 29.8 Å². The molecule has 1 heterocycles. The van der Waals surface area contributed by atoms with Crippen LogP contribution in [-0.4, -0.2) is 17.4 Å². The third-order valence-electron chi connectivity index (χ3n) is 3.29. The number of benzene rings is 1. The van der Waals surface area contributed by atoms with Gasteiger partial charge in [0.1, 0.15) is 0 Å². The van der Waals surface area contributed by atoms with Crippen LogP contribution in [0.3, 0.4) is 0 Å². The average Bonchev–Trinajstić information content (AvgIpc) is 2.49. The van der Waals surface area contributed by atoms with Crippen molar-refractivity contribution in [3.8, 4) is 0 Å². The first kappa shape index (κ1) is 11.0. The molecule has 1 fully saturated rings. The number of nitrogens with zero attached hydrogens (tertiary/aromatic N) is 1. The maximum absolute atomic E-state index is 12.0. The number of hydrogen-bond acceptors (Lipinski definition) is 2. The Morgan fingerprint density at radius 2 is 2.06 bits per heavy atom. The van der Waals surface area contributed by atoms with Crippen LogP contribution in [0.25, 0.3) is 0 Å². The maximum atomic E-state index is 12.0. The van der Waals surface area contributed by atoms with Crippen LogP contribution in [0.2, 0.25) is 0 Å². The fourth-order valence-corrected chi connectivity index (χ4v) is 2.09. The van der Waals surface area contributed by atoms with E-state index in [9.17, 15) is 4.79 Å². The number of carbonyl (C=O) groups is 1. The van der Waals surface area contributed by atoms with Crippen LogP contribution >= 0.6 is 0 Å². The SMILES string of the molecule is CC1(C)CCN(Cc2ccccc2N)C1=O. The predicted molar refractivity (Wildman–Crippen MR) is 64.7 cm³/mol. The topological polar surface area (TPSA) is 46.3 Å². The normalized spacial score (nSPS) is 19.1. The number of hydrogen-bond donors (Lipinski definition) is 1. The highest BCUT2D eigenvalue weighted by Gasteiger charge is 2.38. The van der Waals surface area contributed by atoms with Gasteiger partial charge in [0.15, 0.2) is 0 Å². The molecule has 1 aromatic carbocycles. The van der Waals surface area contributed by atoms with Gasteiger partial charge in [-0.1, -0.05) is 32.0 Å². The summed E-state index contributed by atoms with van der Waals surface area (Å²) in [6.07, 6.45) is 0.929. The summed E-state index contributed by atoms with van der Waals surface area (Å²) in [6, 6.07) is 7.72. The second-order valence-electron chi connectivity index (χ2n) is 5.06. The zero-order valence-electron chi connectivity index (χ0n) is 9.86. The van der Waals surface area contributed by atoms with Gasteiger partial charge in [-0.2, -0.15) is 0 Å². The minimum atomic E-state index is -0.205. The van der Waals surface area contributed by atoms with Crippen molar-refractivity contribution in [2.24, 2.45) is 5.41 Å². The number of para-hydroxylation sites is 1. The molecular weight excluding hydrogens is 200 g/mol. The van der Waals surface area contributed by atoms with E-state index in [-0.39, 0.29) is 11.3 Å². The van der Waals surface area contributed by atoms with Gasteiger partial charge >= 0.3 is 0 Å². The number of likely N-dealkylation sites (tertiary alicyclic amines) is 1. The standard InChI is InChI=1S/C13H18N2O/c1-13(2)7-8-15(12(13)16)9-10-5-3-4-6-11(10)14/h3-6H,7-9,14H2,1-2H3.